The number of H-pyrrole nitrogens is 1. The number of esters is 1. The van der Waals surface area contributed by atoms with E-state index in [2.05, 4.69) is 48.2 Å². The number of ether oxygens (including phenoxy) is 1. The number of hydrogen-bond acceptors (Lipinski definition) is 2. The quantitative estimate of drug-likeness (QED) is 0.628. The summed E-state index contributed by atoms with van der Waals surface area (Å²) in [6.07, 6.45) is 0.302. The first kappa shape index (κ1) is 11.9. The minimum absolute atomic E-state index is 0.221. The molecule has 0 saturated carbocycles. The minimum atomic E-state index is -0.221. The largest absolute Gasteiger partial charge is 0.469 e. The van der Waals surface area contributed by atoms with Crippen molar-refractivity contribution >= 4 is 55.4 Å². The summed E-state index contributed by atoms with van der Waals surface area (Å²) in [5.74, 6) is -0.221. The highest BCUT2D eigenvalue weighted by atomic mass is 127. The fraction of sp³-hybridized carbons (Fsp3) is 0.182. The third kappa shape index (κ3) is 2.24. The molecule has 0 spiro atoms. The van der Waals surface area contributed by atoms with Gasteiger partial charge in [-0.05, 0) is 34.7 Å². The van der Waals surface area contributed by atoms with Crippen LogP contribution in [-0.4, -0.2) is 18.1 Å². The first-order valence-electron chi connectivity index (χ1n) is 4.64. The normalized spacial score (nSPS) is 10.7. The van der Waals surface area contributed by atoms with E-state index in [-0.39, 0.29) is 5.97 Å². The van der Waals surface area contributed by atoms with E-state index >= 15 is 0 Å². The maximum absolute atomic E-state index is 11.3. The molecule has 0 atom stereocenters. The number of nitrogens with one attached hydrogen (secondary N) is 1. The van der Waals surface area contributed by atoms with Gasteiger partial charge in [0.05, 0.1) is 17.2 Å². The number of hydrogen-bond donors (Lipinski definition) is 1. The molecule has 0 amide bonds. The number of halogens is 2. The monoisotopic (exact) mass is 393 g/mol. The topological polar surface area (TPSA) is 42.1 Å². The molecule has 0 aliphatic carbocycles. The smallest absolute Gasteiger partial charge is 0.310 e. The first-order valence-corrected chi connectivity index (χ1v) is 6.51. The third-order valence-corrected chi connectivity index (χ3v) is 3.78. The Labute approximate surface area is 115 Å². The van der Waals surface area contributed by atoms with Crippen LogP contribution >= 0.6 is 38.5 Å². The zero-order chi connectivity index (χ0) is 11.7. The van der Waals surface area contributed by atoms with Gasteiger partial charge in [-0.1, -0.05) is 22.0 Å². The predicted octanol–water partition coefficient (Wildman–Crippen LogP) is 3.25. The van der Waals surface area contributed by atoms with Crippen LogP contribution in [0.2, 0.25) is 0 Å². The molecule has 0 bridgehead atoms. The Morgan fingerprint density at radius 2 is 2.31 bits per heavy atom. The van der Waals surface area contributed by atoms with Crippen molar-refractivity contribution in [1.82, 2.24) is 4.98 Å². The average Bonchev–Trinajstić information content (AvgIpc) is 2.54. The number of aromatic nitrogens is 1. The molecule has 5 heteroatoms. The lowest BCUT2D eigenvalue weighted by Crippen LogP contribution is -2.04. The molecule has 0 aliphatic rings. The van der Waals surface area contributed by atoms with Gasteiger partial charge in [0.1, 0.15) is 0 Å². The molecule has 0 saturated heterocycles. The van der Waals surface area contributed by atoms with Gasteiger partial charge < -0.3 is 9.72 Å². The lowest BCUT2D eigenvalue weighted by molar-refractivity contribution is -0.139. The zero-order valence-electron chi connectivity index (χ0n) is 8.51. The Kier molecular flexibility index (Phi) is 3.53. The maximum Gasteiger partial charge on any atom is 0.310 e. The fourth-order valence-electron chi connectivity index (χ4n) is 1.58. The Bertz CT molecular complexity index is 550. The zero-order valence-corrected chi connectivity index (χ0v) is 12.3. The van der Waals surface area contributed by atoms with Crippen LogP contribution in [-0.2, 0) is 16.0 Å². The van der Waals surface area contributed by atoms with Crippen LogP contribution in [0, 0.1) is 3.70 Å². The summed E-state index contributed by atoms with van der Waals surface area (Å²) in [7, 11) is 1.40. The average molecular weight is 394 g/mol. The summed E-state index contributed by atoms with van der Waals surface area (Å²) in [6, 6.07) is 5.96. The van der Waals surface area contributed by atoms with Crippen molar-refractivity contribution < 1.29 is 9.53 Å². The van der Waals surface area contributed by atoms with Crippen LogP contribution in [0.25, 0.3) is 10.9 Å². The molecular weight excluding hydrogens is 385 g/mol. The van der Waals surface area contributed by atoms with Crippen LogP contribution in [0.3, 0.4) is 0 Å². The third-order valence-electron chi connectivity index (χ3n) is 2.36. The van der Waals surface area contributed by atoms with Crippen molar-refractivity contribution in [2.24, 2.45) is 0 Å². The molecular formula is C11H9BrINO2. The van der Waals surface area contributed by atoms with E-state index in [0.717, 1.165) is 24.6 Å². The summed E-state index contributed by atoms with van der Waals surface area (Å²) < 4.78 is 6.68. The van der Waals surface area contributed by atoms with Gasteiger partial charge in [0, 0.05) is 20.9 Å². The molecule has 0 radical (unpaired) electrons. The number of rotatable bonds is 2. The first-order chi connectivity index (χ1) is 7.61. The molecule has 0 unspecified atom stereocenters. The van der Waals surface area contributed by atoms with Crippen LogP contribution < -0.4 is 0 Å². The second-order valence-corrected chi connectivity index (χ2v) is 5.35. The van der Waals surface area contributed by atoms with Crippen LogP contribution in [0.1, 0.15) is 5.56 Å². The molecule has 1 N–H and O–H groups in total. The Balaban J connectivity index is 2.52. The highest BCUT2D eigenvalue weighted by molar-refractivity contribution is 14.1. The van der Waals surface area contributed by atoms with E-state index in [9.17, 15) is 4.79 Å². The van der Waals surface area contributed by atoms with Crippen LogP contribution in [0.5, 0.6) is 0 Å². The van der Waals surface area contributed by atoms with E-state index in [1.807, 2.05) is 18.2 Å². The van der Waals surface area contributed by atoms with Crippen molar-refractivity contribution in [2.75, 3.05) is 7.11 Å². The molecule has 0 fully saturated rings. The van der Waals surface area contributed by atoms with Gasteiger partial charge in [-0.2, -0.15) is 0 Å². The number of methoxy groups -OCH3 is 1. The van der Waals surface area contributed by atoms with E-state index in [4.69, 9.17) is 0 Å². The van der Waals surface area contributed by atoms with Crippen LogP contribution in [0.15, 0.2) is 22.7 Å². The van der Waals surface area contributed by atoms with Crippen molar-refractivity contribution in [3.8, 4) is 0 Å². The van der Waals surface area contributed by atoms with Crippen molar-refractivity contribution in [2.45, 2.75) is 6.42 Å². The van der Waals surface area contributed by atoms with Crippen molar-refractivity contribution in [3.05, 3.63) is 31.9 Å². The fourth-order valence-corrected chi connectivity index (χ4v) is 2.72. The second-order valence-electron chi connectivity index (χ2n) is 3.36. The van der Waals surface area contributed by atoms with E-state index in [0.29, 0.717) is 6.42 Å². The summed E-state index contributed by atoms with van der Waals surface area (Å²) in [6.45, 7) is 0. The number of carbonyl (C=O) groups excluding carboxylic acids is 1. The Morgan fingerprint density at radius 1 is 1.56 bits per heavy atom. The van der Waals surface area contributed by atoms with Gasteiger partial charge in [-0.25, -0.2) is 0 Å². The number of benzene rings is 1. The molecule has 1 aromatic carbocycles. The molecule has 16 heavy (non-hydrogen) atoms. The summed E-state index contributed by atoms with van der Waals surface area (Å²) in [5, 5.41) is 1.07. The highest BCUT2D eigenvalue weighted by Gasteiger charge is 2.13. The maximum atomic E-state index is 11.3. The molecule has 2 rings (SSSR count). The lowest BCUT2D eigenvalue weighted by Gasteiger charge is -1.99. The van der Waals surface area contributed by atoms with Crippen molar-refractivity contribution in [1.29, 1.82) is 0 Å². The molecule has 1 aromatic heterocycles. The molecule has 1 heterocycles. The number of aromatic amines is 1. The van der Waals surface area contributed by atoms with Gasteiger partial charge in [0.15, 0.2) is 0 Å². The molecule has 2 aromatic rings. The summed E-state index contributed by atoms with van der Waals surface area (Å²) in [5.41, 5.74) is 2.02. The van der Waals surface area contributed by atoms with Gasteiger partial charge in [-0.3, -0.25) is 4.79 Å². The van der Waals surface area contributed by atoms with E-state index in [1.54, 1.807) is 0 Å². The number of fused-ring (bicyclic) bond motifs is 1. The standard InChI is InChI=1S/C11H9BrINO2/c1-16-10(15)5-8-7-3-2-6(12)4-9(7)14-11(8)13/h2-4,14H,5H2,1H3. The summed E-state index contributed by atoms with van der Waals surface area (Å²) >= 11 is 5.61. The SMILES string of the molecule is COC(=O)Cc1c(I)[nH]c2cc(Br)ccc12. The molecule has 3 nitrogen and oxygen atoms in total. The van der Waals surface area contributed by atoms with E-state index < -0.39 is 0 Å². The molecule has 0 aliphatic heterocycles. The van der Waals surface area contributed by atoms with Gasteiger partial charge in [0.2, 0.25) is 0 Å². The molecule has 84 valence electrons. The Morgan fingerprint density at radius 3 is 3.00 bits per heavy atom. The van der Waals surface area contributed by atoms with Crippen LogP contribution in [0.4, 0.5) is 0 Å². The second kappa shape index (κ2) is 4.75. The predicted molar refractivity (Wildman–Crippen MR) is 74.4 cm³/mol. The highest BCUT2D eigenvalue weighted by Crippen LogP contribution is 2.27. The van der Waals surface area contributed by atoms with Gasteiger partial charge in [-0.15, -0.1) is 0 Å². The lowest BCUT2D eigenvalue weighted by atomic mass is 10.1. The van der Waals surface area contributed by atoms with Gasteiger partial charge >= 0.3 is 5.97 Å². The van der Waals surface area contributed by atoms with Crippen molar-refractivity contribution in [3.63, 3.8) is 0 Å². The number of carbonyl (C=O) groups is 1. The minimum Gasteiger partial charge on any atom is -0.469 e. The van der Waals surface area contributed by atoms with E-state index in [1.165, 1.54) is 7.11 Å². The Hall–Kier alpha value is -0.560. The summed E-state index contributed by atoms with van der Waals surface area (Å²) in [4.78, 5) is 14.5. The van der Waals surface area contributed by atoms with Gasteiger partial charge in [0.25, 0.3) is 0 Å².